The minimum absolute atomic E-state index is 0.318. The second-order valence-corrected chi connectivity index (χ2v) is 6.19. The van der Waals surface area contributed by atoms with Crippen molar-refractivity contribution in [2.24, 2.45) is 0 Å². The van der Waals surface area contributed by atoms with Gasteiger partial charge < -0.3 is 15.5 Å². The molecule has 1 aliphatic rings. The molecule has 1 saturated heterocycles. The molecule has 126 valence electrons. The molecule has 3 rings (SSSR count). The quantitative estimate of drug-likeness (QED) is 0.891. The molecule has 24 heavy (non-hydrogen) atoms. The van der Waals surface area contributed by atoms with Crippen LogP contribution in [0, 0.1) is 6.92 Å². The number of halogens is 1. The van der Waals surface area contributed by atoms with E-state index < -0.39 is 0 Å². The molecule has 0 atom stereocenters. The Balaban J connectivity index is 1.61. The maximum atomic E-state index is 12.0. The maximum Gasteiger partial charge on any atom is 0.319 e. The van der Waals surface area contributed by atoms with Crippen molar-refractivity contribution in [2.75, 3.05) is 23.3 Å². The van der Waals surface area contributed by atoms with Gasteiger partial charge in [-0.15, -0.1) is 0 Å². The van der Waals surface area contributed by atoms with Crippen molar-refractivity contribution in [1.82, 2.24) is 15.3 Å². The zero-order chi connectivity index (χ0) is 16.9. The van der Waals surface area contributed by atoms with Crippen LogP contribution in [0.3, 0.4) is 0 Å². The number of anilines is 2. The lowest BCUT2D eigenvalue weighted by Crippen LogP contribution is -2.29. The summed E-state index contributed by atoms with van der Waals surface area (Å²) in [5.41, 5.74) is 2.27. The first-order valence-corrected chi connectivity index (χ1v) is 8.38. The van der Waals surface area contributed by atoms with Crippen LogP contribution in [0.25, 0.3) is 0 Å². The number of aromatic nitrogens is 2. The standard InChI is InChI=1S/C17H20ClN5O/c1-12-10-13(21-16(20-12)23-8-4-5-9-23)11-19-17(24)22-15-7-3-2-6-14(15)18/h2-3,6-7,10H,4-5,8-9,11H2,1H3,(H2,19,22,24). The third-order valence-electron chi connectivity index (χ3n) is 3.84. The number of hydrogen-bond acceptors (Lipinski definition) is 4. The number of benzene rings is 1. The van der Waals surface area contributed by atoms with Gasteiger partial charge in [0, 0.05) is 18.8 Å². The van der Waals surface area contributed by atoms with Crippen LogP contribution in [-0.4, -0.2) is 29.1 Å². The molecule has 2 N–H and O–H groups in total. The van der Waals surface area contributed by atoms with Gasteiger partial charge in [-0.3, -0.25) is 0 Å². The molecule has 2 amide bonds. The number of carbonyl (C=O) groups is 1. The van der Waals surface area contributed by atoms with E-state index in [9.17, 15) is 4.79 Å². The van der Waals surface area contributed by atoms with Crippen molar-refractivity contribution in [3.05, 3.63) is 46.7 Å². The molecular weight excluding hydrogens is 326 g/mol. The summed E-state index contributed by atoms with van der Waals surface area (Å²) in [6, 6.07) is 8.68. The predicted molar refractivity (Wildman–Crippen MR) is 95.5 cm³/mol. The number of aryl methyl sites for hydroxylation is 1. The van der Waals surface area contributed by atoms with E-state index in [1.165, 1.54) is 12.8 Å². The fourth-order valence-corrected chi connectivity index (χ4v) is 2.85. The molecule has 1 fully saturated rings. The van der Waals surface area contributed by atoms with Crippen molar-refractivity contribution < 1.29 is 4.79 Å². The Morgan fingerprint density at radius 3 is 2.75 bits per heavy atom. The van der Waals surface area contributed by atoms with Gasteiger partial charge in [-0.25, -0.2) is 14.8 Å². The highest BCUT2D eigenvalue weighted by Crippen LogP contribution is 2.20. The number of nitrogens with zero attached hydrogens (tertiary/aromatic N) is 3. The molecular formula is C17H20ClN5O. The third-order valence-corrected chi connectivity index (χ3v) is 4.17. The van der Waals surface area contributed by atoms with E-state index in [1.807, 2.05) is 25.1 Å². The summed E-state index contributed by atoms with van der Waals surface area (Å²) in [6.07, 6.45) is 2.34. The molecule has 1 aromatic heterocycles. The summed E-state index contributed by atoms with van der Waals surface area (Å²) in [5, 5.41) is 6.03. The lowest BCUT2D eigenvalue weighted by atomic mass is 10.3. The number of rotatable bonds is 4. The Hall–Kier alpha value is -2.34. The topological polar surface area (TPSA) is 70.2 Å². The van der Waals surface area contributed by atoms with Crippen molar-refractivity contribution in [3.8, 4) is 0 Å². The molecule has 0 spiro atoms. The van der Waals surface area contributed by atoms with Gasteiger partial charge in [0.25, 0.3) is 0 Å². The number of amides is 2. The summed E-state index contributed by atoms with van der Waals surface area (Å²) in [5.74, 6) is 0.746. The van der Waals surface area contributed by atoms with Crippen LogP contribution in [0.2, 0.25) is 5.02 Å². The molecule has 7 heteroatoms. The molecule has 0 unspecified atom stereocenters. The van der Waals surface area contributed by atoms with Crippen LogP contribution < -0.4 is 15.5 Å². The smallest absolute Gasteiger partial charge is 0.319 e. The molecule has 0 aliphatic carbocycles. The maximum absolute atomic E-state index is 12.0. The fourth-order valence-electron chi connectivity index (χ4n) is 2.67. The molecule has 1 aromatic carbocycles. The van der Waals surface area contributed by atoms with Gasteiger partial charge in [-0.1, -0.05) is 23.7 Å². The van der Waals surface area contributed by atoms with Gasteiger partial charge in [0.2, 0.25) is 5.95 Å². The Bertz CT molecular complexity index is 731. The normalized spacial score (nSPS) is 13.8. The van der Waals surface area contributed by atoms with Crippen LogP contribution in [0.1, 0.15) is 24.2 Å². The minimum Gasteiger partial charge on any atom is -0.341 e. The molecule has 2 heterocycles. The number of urea groups is 1. The lowest BCUT2D eigenvalue weighted by molar-refractivity contribution is 0.251. The number of nitrogens with one attached hydrogen (secondary N) is 2. The third kappa shape index (κ3) is 4.14. The van der Waals surface area contributed by atoms with E-state index in [-0.39, 0.29) is 6.03 Å². The van der Waals surface area contributed by atoms with E-state index in [0.717, 1.165) is 30.4 Å². The van der Waals surface area contributed by atoms with Crippen molar-refractivity contribution in [2.45, 2.75) is 26.3 Å². The average Bonchev–Trinajstić information content (AvgIpc) is 3.09. The minimum atomic E-state index is -0.318. The van der Waals surface area contributed by atoms with Crippen LogP contribution in [0.5, 0.6) is 0 Å². The van der Waals surface area contributed by atoms with Gasteiger partial charge in [-0.2, -0.15) is 0 Å². The first-order chi connectivity index (χ1) is 11.6. The lowest BCUT2D eigenvalue weighted by Gasteiger charge is -2.16. The summed E-state index contributed by atoms with van der Waals surface area (Å²) in [6.45, 7) is 4.25. The van der Waals surface area contributed by atoms with Gasteiger partial charge in [0.05, 0.1) is 22.9 Å². The van der Waals surface area contributed by atoms with E-state index in [4.69, 9.17) is 11.6 Å². The summed E-state index contributed by atoms with van der Waals surface area (Å²) in [7, 11) is 0. The highest BCUT2D eigenvalue weighted by Gasteiger charge is 2.16. The Labute approximate surface area is 146 Å². The van der Waals surface area contributed by atoms with Crippen molar-refractivity contribution in [1.29, 1.82) is 0 Å². The first kappa shape index (κ1) is 16.5. The fraction of sp³-hybridized carbons (Fsp3) is 0.353. The van der Waals surface area contributed by atoms with E-state index in [1.54, 1.807) is 12.1 Å². The summed E-state index contributed by atoms with van der Waals surface area (Å²) < 4.78 is 0. The summed E-state index contributed by atoms with van der Waals surface area (Å²) >= 11 is 6.03. The molecule has 1 aliphatic heterocycles. The van der Waals surface area contributed by atoms with E-state index >= 15 is 0 Å². The second kappa shape index (κ2) is 7.49. The highest BCUT2D eigenvalue weighted by molar-refractivity contribution is 6.33. The van der Waals surface area contributed by atoms with E-state index in [2.05, 4.69) is 25.5 Å². The number of carbonyl (C=O) groups excluding carboxylic acids is 1. The first-order valence-electron chi connectivity index (χ1n) is 8.01. The number of hydrogen-bond donors (Lipinski definition) is 2. The Kier molecular flexibility index (Phi) is 5.15. The van der Waals surface area contributed by atoms with Gasteiger partial charge in [0.1, 0.15) is 0 Å². The highest BCUT2D eigenvalue weighted by atomic mass is 35.5. The SMILES string of the molecule is Cc1cc(CNC(=O)Nc2ccccc2Cl)nc(N2CCCC2)n1. The number of para-hydroxylation sites is 1. The van der Waals surface area contributed by atoms with Crippen molar-refractivity contribution >= 4 is 29.3 Å². The zero-order valence-electron chi connectivity index (χ0n) is 13.6. The molecule has 2 aromatic rings. The van der Waals surface area contributed by atoms with Crippen LogP contribution >= 0.6 is 11.6 Å². The molecule has 0 bridgehead atoms. The average molecular weight is 346 g/mol. The Morgan fingerprint density at radius 1 is 1.25 bits per heavy atom. The van der Waals surface area contributed by atoms with Gasteiger partial charge in [0.15, 0.2) is 0 Å². The monoisotopic (exact) mass is 345 g/mol. The second-order valence-electron chi connectivity index (χ2n) is 5.78. The van der Waals surface area contributed by atoms with Crippen LogP contribution in [-0.2, 0) is 6.54 Å². The van der Waals surface area contributed by atoms with Crippen LogP contribution in [0.15, 0.2) is 30.3 Å². The zero-order valence-corrected chi connectivity index (χ0v) is 14.3. The van der Waals surface area contributed by atoms with Crippen LogP contribution in [0.4, 0.5) is 16.4 Å². The molecule has 0 radical (unpaired) electrons. The largest absolute Gasteiger partial charge is 0.341 e. The summed E-state index contributed by atoms with van der Waals surface area (Å²) in [4.78, 5) is 23.3. The molecule has 0 saturated carbocycles. The predicted octanol–water partition coefficient (Wildman–Crippen LogP) is 3.36. The molecule has 6 nitrogen and oxygen atoms in total. The Morgan fingerprint density at radius 2 is 2.00 bits per heavy atom. The van der Waals surface area contributed by atoms with Gasteiger partial charge >= 0.3 is 6.03 Å². The van der Waals surface area contributed by atoms with Crippen molar-refractivity contribution in [3.63, 3.8) is 0 Å². The van der Waals surface area contributed by atoms with Gasteiger partial charge in [-0.05, 0) is 38.0 Å². The van der Waals surface area contributed by atoms with E-state index in [0.29, 0.717) is 17.3 Å².